The second-order valence-corrected chi connectivity index (χ2v) is 7.13. The van der Waals surface area contributed by atoms with Gasteiger partial charge in [0.25, 0.3) is 5.56 Å². The van der Waals surface area contributed by atoms with Crippen LogP contribution in [0.1, 0.15) is 39.3 Å². The molecule has 0 amide bonds. The molecule has 0 bridgehead atoms. The zero-order valence-corrected chi connectivity index (χ0v) is 14.8. The topological polar surface area (TPSA) is 56.0 Å². The number of aryl methyl sites for hydroxylation is 2. The number of aromatic nitrogens is 4. The van der Waals surface area contributed by atoms with E-state index in [9.17, 15) is 4.79 Å². The summed E-state index contributed by atoms with van der Waals surface area (Å²) in [6, 6.07) is 0. The molecule has 3 rings (SSSR count). The van der Waals surface area contributed by atoms with Gasteiger partial charge in [-0.1, -0.05) is 20.8 Å². The van der Waals surface area contributed by atoms with Crippen molar-refractivity contribution in [2.24, 2.45) is 18.9 Å². The smallest absolute Gasteiger partial charge is 0.281 e. The maximum atomic E-state index is 13.0. The lowest BCUT2D eigenvalue weighted by molar-refractivity contribution is 0.350. The number of anilines is 1. The van der Waals surface area contributed by atoms with Crippen molar-refractivity contribution in [1.82, 2.24) is 19.3 Å². The fraction of sp³-hybridized carbons (Fsp3) is 0.706. The maximum Gasteiger partial charge on any atom is 0.281 e. The number of hydrogen-bond donors (Lipinski definition) is 0. The summed E-state index contributed by atoms with van der Waals surface area (Å²) < 4.78 is 3.51. The Morgan fingerprint density at radius 2 is 1.87 bits per heavy atom. The van der Waals surface area contributed by atoms with Gasteiger partial charge < -0.3 is 4.90 Å². The Bertz CT molecular complexity index is 765. The molecular formula is C17H27N5O. The molecule has 1 aliphatic heterocycles. The van der Waals surface area contributed by atoms with Gasteiger partial charge in [-0.25, -0.2) is 4.98 Å². The highest BCUT2D eigenvalue weighted by atomic mass is 16.1. The molecule has 6 heteroatoms. The van der Waals surface area contributed by atoms with Crippen molar-refractivity contribution in [1.29, 1.82) is 0 Å². The zero-order valence-electron chi connectivity index (χ0n) is 14.8. The van der Waals surface area contributed by atoms with Crippen LogP contribution in [0.25, 0.3) is 11.0 Å². The largest absolute Gasteiger partial charge is 0.342 e. The zero-order chi connectivity index (χ0) is 16.7. The fourth-order valence-corrected chi connectivity index (χ4v) is 3.89. The molecule has 0 saturated carbocycles. The average Bonchev–Trinajstić information content (AvgIpc) is 2.75. The van der Waals surface area contributed by atoms with Crippen molar-refractivity contribution in [3.63, 3.8) is 0 Å². The third-order valence-corrected chi connectivity index (χ3v) is 4.69. The lowest BCUT2D eigenvalue weighted by Crippen LogP contribution is -2.42. The van der Waals surface area contributed by atoms with Crippen molar-refractivity contribution < 1.29 is 0 Å². The van der Waals surface area contributed by atoms with Crippen LogP contribution in [0, 0.1) is 18.8 Å². The van der Waals surface area contributed by atoms with Gasteiger partial charge in [0.15, 0.2) is 5.52 Å². The summed E-state index contributed by atoms with van der Waals surface area (Å²) in [6.07, 6.45) is 2.15. The van der Waals surface area contributed by atoms with Gasteiger partial charge in [0.05, 0.1) is 5.69 Å². The van der Waals surface area contributed by atoms with Crippen LogP contribution in [0.5, 0.6) is 0 Å². The molecule has 1 fully saturated rings. The lowest BCUT2D eigenvalue weighted by Gasteiger charge is -2.36. The maximum absolute atomic E-state index is 13.0. The molecule has 2 aromatic rings. The fourth-order valence-electron chi connectivity index (χ4n) is 3.89. The number of rotatable bonds is 3. The minimum absolute atomic E-state index is 0.0285. The van der Waals surface area contributed by atoms with E-state index in [-0.39, 0.29) is 5.56 Å². The molecule has 0 unspecified atom stereocenters. The molecule has 6 nitrogen and oxygen atoms in total. The third kappa shape index (κ3) is 2.75. The minimum atomic E-state index is 0.0285. The lowest BCUT2D eigenvalue weighted by atomic mass is 9.92. The first-order valence-corrected chi connectivity index (χ1v) is 8.61. The molecule has 0 aliphatic carbocycles. The molecule has 2 atom stereocenters. The summed E-state index contributed by atoms with van der Waals surface area (Å²) in [5.74, 6) is 2.06. The van der Waals surface area contributed by atoms with Crippen LogP contribution in [0.3, 0.4) is 0 Å². The molecule has 0 N–H and O–H groups in total. The van der Waals surface area contributed by atoms with Crippen LogP contribution in [0.2, 0.25) is 0 Å². The Morgan fingerprint density at radius 1 is 1.22 bits per heavy atom. The molecule has 0 radical (unpaired) electrons. The van der Waals surface area contributed by atoms with E-state index in [2.05, 4.69) is 30.8 Å². The molecule has 2 aromatic heterocycles. The Labute approximate surface area is 137 Å². The summed E-state index contributed by atoms with van der Waals surface area (Å²) in [5.41, 5.74) is 2.20. The molecule has 1 saturated heterocycles. The number of fused-ring (bicyclic) bond motifs is 1. The highest BCUT2D eigenvalue weighted by Crippen LogP contribution is 2.26. The van der Waals surface area contributed by atoms with Crippen LogP contribution in [0.15, 0.2) is 4.79 Å². The molecule has 23 heavy (non-hydrogen) atoms. The molecule has 126 valence electrons. The molecular weight excluding hydrogens is 290 g/mol. The first kappa shape index (κ1) is 16.0. The van der Waals surface area contributed by atoms with Gasteiger partial charge in [-0.3, -0.25) is 14.0 Å². The van der Waals surface area contributed by atoms with Gasteiger partial charge in [-0.05, 0) is 31.6 Å². The number of nitrogens with zero attached hydrogens (tertiary/aromatic N) is 5. The molecule has 1 aliphatic rings. The van der Waals surface area contributed by atoms with Gasteiger partial charge >= 0.3 is 0 Å². The van der Waals surface area contributed by atoms with Crippen molar-refractivity contribution in [3.8, 4) is 0 Å². The Morgan fingerprint density at radius 3 is 2.48 bits per heavy atom. The highest BCUT2D eigenvalue weighted by Gasteiger charge is 2.26. The van der Waals surface area contributed by atoms with E-state index < -0.39 is 0 Å². The van der Waals surface area contributed by atoms with Gasteiger partial charge in [0.1, 0.15) is 5.52 Å². The third-order valence-electron chi connectivity index (χ3n) is 4.69. The number of piperidine rings is 1. The van der Waals surface area contributed by atoms with E-state index in [0.717, 1.165) is 36.7 Å². The first-order valence-electron chi connectivity index (χ1n) is 8.61. The molecule has 3 heterocycles. The normalized spacial score (nSPS) is 22.0. The highest BCUT2D eigenvalue weighted by molar-refractivity contribution is 5.77. The second-order valence-electron chi connectivity index (χ2n) is 7.13. The van der Waals surface area contributed by atoms with Crippen molar-refractivity contribution in [3.05, 3.63) is 16.0 Å². The van der Waals surface area contributed by atoms with Gasteiger partial charge in [-0.2, -0.15) is 5.10 Å². The van der Waals surface area contributed by atoms with Crippen molar-refractivity contribution >= 4 is 17.0 Å². The summed E-state index contributed by atoms with van der Waals surface area (Å²) in [7, 11) is 1.82. The van der Waals surface area contributed by atoms with E-state index in [0.29, 0.717) is 23.9 Å². The van der Waals surface area contributed by atoms with E-state index in [4.69, 9.17) is 4.98 Å². The summed E-state index contributed by atoms with van der Waals surface area (Å²) in [6.45, 7) is 11.2. The minimum Gasteiger partial charge on any atom is -0.342 e. The second kappa shape index (κ2) is 5.98. The molecule has 0 aromatic carbocycles. The Hall–Kier alpha value is -1.85. The van der Waals surface area contributed by atoms with Gasteiger partial charge in [-0.15, -0.1) is 0 Å². The van der Waals surface area contributed by atoms with Crippen LogP contribution in [-0.4, -0.2) is 32.4 Å². The predicted molar refractivity (Wildman–Crippen MR) is 93.0 cm³/mol. The van der Waals surface area contributed by atoms with Crippen molar-refractivity contribution in [2.45, 2.75) is 47.1 Å². The average molecular weight is 317 g/mol. The van der Waals surface area contributed by atoms with Crippen LogP contribution in [-0.2, 0) is 13.6 Å². The standard InChI is InChI=1S/C17H27N5O/c1-6-7-22-16(23)15-14(13(4)19-20(15)5)18-17(22)21-9-11(2)8-12(3)10-21/h11-12H,6-10H2,1-5H3/t11-,12+. The predicted octanol–water partition coefficient (Wildman–Crippen LogP) is 2.33. The van der Waals surface area contributed by atoms with E-state index in [1.807, 2.05) is 18.5 Å². The van der Waals surface area contributed by atoms with E-state index >= 15 is 0 Å². The quantitative estimate of drug-likeness (QED) is 0.872. The van der Waals surface area contributed by atoms with E-state index in [1.54, 1.807) is 4.68 Å². The van der Waals surface area contributed by atoms with Crippen molar-refractivity contribution in [2.75, 3.05) is 18.0 Å². The van der Waals surface area contributed by atoms with Crippen LogP contribution >= 0.6 is 0 Å². The molecule has 0 spiro atoms. The van der Waals surface area contributed by atoms with Crippen LogP contribution in [0.4, 0.5) is 5.95 Å². The SMILES string of the molecule is CCCn1c(N2C[C@H](C)C[C@H](C)C2)nc2c(C)nn(C)c2c1=O. The summed E-state index contributed by atoms with van der Waals surface area (Å²) in [5, 5.41) is 4.39. The Kier molecular flexibility index (Phi) is 4.17. The first-order chi connectivity index (χ1) is 10.9. The Balaban J connectivity index is 2.20. The van der Waals surface area contributed by atoms with Gasteiger partial charge in [0.2, 0.25) is 5.95 Å². The van der Waals surface area contributed by atoms with Gasteiger partial charge in [0, 0.05) is 26.7 Å². The van der Waals surface area contributed by atoms with E-state index in [1.165, 1.54) is 6.42 Å². The van der Waals surface area contributed by atoms with Crippen LogP contribution < -0.4 is 10.5 Å². The summed E-state index contributed by atoms with van der Waals surface area (Å²) in [4.78, 5) is 20.2. The summed E-state index contributed by atoms with van der Waals surface area (Å²) >= 11 is 0. The monoisotopic (exact) mass is 317 g/mol. The number of hydrogen-bond acceptors (Lipinski definition) is 4.